The van der Waals surface area contributed by atoms with Crippen LogP contribution in [0.3, 0.4) is 0 Å². The molecule has 1 aliphatic rings. The van der Waals surface area contributed by atoms with E-state index in [1.165, 1.54) is 32.1 Å². The Kier molecular flexibility index (Phi) is 5.30. The maximum Gasteiger partial charge on any atom is 0.252 e. The fourth-order valence-corrected chi connectivity index (χ4v) is 3.10. The molecule has 110 valence electrons. The van der Waals surface area contributed by atoms with Gasteiger partial charge in [-0.05, 0) is 42.9 Å². The Bertz CT molecular complexity index is 468. The average Bonchev–Trinajstić information content (AvgIpc) is 2.47. The summed E-state index contributed by atoms with van der Waals surface area (Å²) < 4.78 is 0. The molecule has 0 aliphatic heterocycles. The minimum Gasteiger partial charge on any atom is -0.399 e. The molecule has 1 saturated carbocycles. The monoisotopic (exact) mass is 294 g/mol. The van der Waals surface area contributed by atoms with Gasteiger partial charge >= 0.3 is 0 Å². The summed E-state index contributed by atoms with van der Waals surface area (Å²) in [5.41, 5.74) is 6.72. The molecule has 3 nitrogen and oxygen atoms in total. The summed E-state index contributed by atoms with van der Waals surface area (Å²) in [6.07, 6.45) is 6.27. The van der Waals surface area contributed by atoms with Crippen molar-refractivity contribution in [2.24, 2.45) is 11.8 Å². The maximum absolute atomic E-state index is 12.1. The molecular weight excluding hydrogens is 272 g/mol. The number of carbonyl (C=O) groups is 1. The van der Waals surface area contributed by atoms with Crippen molar-refractivity contribution in [3.05, 3.63) is 28.8 Å². The lowest BCUT2D eigenvalue weighted by molar-refractivity contribution is 0.0941. The SMILES string of the molecule is CCC1CCC(CNC(=O)c2cc(N)ccc2Cl)CC1. The Morgan fingerprint density at radius 2 is 1.95 bits per heavy atom. The van der Waals surface area contributed by atoms with Gasteiger partial charge < -0.3 is 11.1 Å². The fourth-order valence-electron chi connectivity index (χ4n) is 2.89. The van der Waals surface area contributed by atoms with E-state index in [-0.39, 0.29) is 5.91 Å². The van der Waals surface area contributed by atoms with Gasteiger partial charge in [-0.3, -0.25) is 4.79 Å². The van der Waals surface area contributed by atoms with Crippen molar-refractivity contribution in [2.75, 3.05) is 12.3 Å². The first-order valence-electron chi connectivity index (χ1n) is 7.43. The lowest BCUT2D eigenvalue weighted by Gasteiger charge is -2.27. The van der Waals surface area contributed by atoms with Crippen LogP contribution < -0.4 is 11.1 Å². The molecule has 3 N–H and O–H groups in total. The van der Waals surface area contributed by atoms with E-state index in [4.69, 9.17) is 17.3 Å². The number of nitrogens with one attached hydrogen (secondary N) is 1. The van der Waals surface area contributed by atoms with Gasteiger partial charge in [0.15, 0.2) is 0 Å². The molecule has 1 aromatic rings. The number of benzene rings is 1. The normalized spacial score (nSPS) is 22.5. The molecule has 1 aromatic carbocycles. The van der Waals surface area contributed by atoms with Crippen LogP contribution in [-0.2, 0) is 0 Å². The van der Waals surface area contributed by atoms with Gasteiger partial charge in [0.25, 0.3) is 5.91 Å². The molecule has 0 aromatic heterocycles. The number of rotatable bonds is 4. The molecule has 2 rings (SSSR count). The molecule has 0 saturated heterocycles. The van der Waals surface area contributed by atoms with Crippen LogP contribution in [0.2, 0.25) is 5.02 Å². The molecule has 1 aliphatic carbocycles. The molecule has 4 heteroatoms. The first kappa shape index (κ1) is 15.2. The number of hydrogen-bond donors (Lipinski definition) is 2. The number of nitrogens with two attached hydrogens (primary N) is 1. The molecule has 0 heterocycles. The van der Waals surface area contributed by atoms with E-state index in [1.54, 1.807) is 18.2 Å². The lowest BCUT2D eigenvalue weighted by atomic mass is 9.81. The molecule has 0 spiro atoms. The largest absolute Gasteiger partial charge is 0.399 e. The summed E-state index contributed by atoms with van der Waals surface area (Å²) in [4.78, 5) is 12.1. The van der Waals surface area contributed by atoms with E-state index in [0.29, 0.717) is 22.2 Å². The van der Waals surface area contributed by atoms with Gasteiger partial charge in [-0.15, -0.1) is 0 Å². The first-order valence-corrected chi connectivity index (χ1v) is 7.81. The Labute approximate surface area is 125 Å². The zero-order chi connectivity index (χ0) is 14.5. The van der Waals surface area contributed by atoms with Crippen LogP contribution in [-0.4, -0.2) is 12.5 Å². The van der Waals surface area contributed by atoms with Crippen molar-refractivity contribution in [1.82, 2.24) is 5.32 Å². The average molecular weight is 295 g/mol. The van der Waals surface area contributed by atoms with E-state index in [2.05, 4.69) is 12.2 Å². The number of nitrogen functional groups attached to an aromatic ring is 1. The van der Waals surface area contributed by atoms with Gasteiger partial charge in [0.1, 0.15) is 0 Å². The van der Waals surface area contributed by atoms with E-state index < -0.39 is 0 Å². The Hall–Kier alpha value is -1.22. The van der Waals surface area contributed by atoms with Gasteiger partial charge in [0.2, 0.25) is 0 Å². The minimum absolute atomic E-state index is 0.125. The highest BCUT2D eigenvalue weighted by atomic mass is 35.5. The highest BCUT2D eigenvalue weighted by Crippen LogP contribution is 2.30. The summed E-state index contributed by atoms with van der Waals surface area (Å²) in [6.45, 7) is 3.00. The highest BCUT2D eigenvalue weighted by molar-refractivity contribution is 6.34. The quantitative estimate of drug-likeness (QED) is 0.828. The van der Waals surface area contributed by atoms with E-state index in [1.807, 2.05) is 0 Å². The Morgan fingerprint density at radius 1 is 1.30 bits per heavy atom. The summed E-state index contributed by atoms with van der Waals surface area (Å²) in [6, 6.07) is 5.00. The zero-order valence-corrected chi connectivity index (χ0v) is 12.7. The standard InChI is InChI=1S/C16H23ClN2O/c1-2-11-3-5-12(6-4-11)10-19-16(20)14-9-13(18)7-8-15(14)17/h7-9,11-12H,2-6,10,18H2,1H3,(H,19,20). The van der Waals surface area contributed by atoms with Crippen molar-refractivity contribution in [3.63, 3.8) is 0 Å². The molecule has 0 radical (unpaired) electrons. The fraction of sp³-hybridized carbons (Fsp3) is 0.562. The summed E-state index contributed by atoms with van der Waals surface area (Å²) in [7, 11) is 0. The molecule has 0 atom stereocenters. The van der Waals surface area contributed by atoms with Gasteiger partial charge in [0.05, 0.1) is 10.6 Å². The second-order valence-electron chi connectivity index (χ2n) is 5.74. The third-order valence-electron chi connectivity index (χ3n) is 4.33. The van der Waals surface area contributed by atoms with Crippen molar-refractivity contribution in [2.45, 2.75) is 39.0 Å². The van der Waals surface area contributed by atoms with E-state index in [9.17, 15) is 4.79 Å². The first-order chi connectivity index (χ1) is 9.60. The van der Waals surface area contributed by atoms with Crippen LogP contribution in [0.1, 0.15) is 49.4 Å². The predicted molar refractivity (Wildman–Crippen MR) is 83.9 cm³/mol. The van der Waals surface area contributed by atoms with Gasteiger partial charge in [0, 0.05) is 12.2 Å². The number of halogens is 1. The van der Waals surface area contributed by atoms with Crippen LogP contribution in [0.4, 0.5) is 5.69 Å². The van der Waals surface area contributed by atoms with Crippen LogP contribution in [0.25, 0.3) is 0 Å². The second-order valence-corrected chi connectivity index (χ2v) is 6.15. The summed E-state index contributed by atoms with van der Waals surface area (Å²) >= 11 is 6.03. The molecule has 1 amide bonds. The molecular formula is C16H23ClN2O. The smallest absolute Gasteiger partial charge is 0.252 e. The number of amides is 1. The third kappa shape index (κ3) is 3.89. The van der Waals surface area contributed by atoms with Crippen molar-refractivity contribution >= 4 is 23.2 Å². The Balaban J connectivity index is 1.85. The van der Waals surface area contributed by atoms with Crippen molar-refractivity contribution in [3.8, 4) is 0 Å². The van der Waals surface area contributed by atoms with Crippen molar-refractivity contribution < 1.29 is 4.79 Å². The van der Waals surface area contributed by atoms with Gasteiger partial charge in [-0.1, -0.05) is 37.8 Å². The third-order valence-corrected chi connectivity index (χ3v) is 4.66. The number of carbonyl (C=O) groups excluding carboxylic acids is 1. The second kappa shape index (κ2) is 6.98. The van der Waals surface area contributed by atoms with Crippen LogP contribution in [0.15, 0.2) is 18.2 Å². The van der Waals surface area contributed by atoms with Gasteiger partial charge in [-0.25, -0.2) is 0 Å². The zero-order valence-electron chi connectivity index (χ0n) is 12.0. The van der Waals surface area contributed by atoms with Crippen LogP contribution >= 0.6 is 11.6 Å². The van der Waals surface area contributed by atoms with Crippen LogP contribution in [0.5, 0.6) is 0 Å². The molecule has 20 heavy (non-hydrogen) atoms. The minimum atomic E-state index is -0.125. The molecule has 1 fully saturated rings. The lowest BCUT2D eigenvalue weighted by Crippen LogP contribution is -2.31. The van der Waals surface area contributed by atoms with E-state index in [0.717, 1.165) is 12.5 Å². The topological polar surface area (TPSA) is 55.1 Å². The van der Waals surface area contributed by atoms with Crippen molar-refractivity contribution in [1.29, 1.82) is 0 Å². The highest BCUT2D eigenvalue weighted by Gasteiger charge is 2.20. The number of anilines is 1. The number of hydrogen-bond acceptors (Lipinski definition) is 2. The summed E-state index contributed by atoms with van der Waals surface area (Å²) in [5, 5.41) is 3.44. The molecule has 0 unspecified atom stereocenters. The van der Waals surface area contributed by atoms with Gasteiger partial charge in [-0.2, -0.15) is 0 Å². The maximum atomic E-state index is 12.1. The van der Waals surface area contributed by atoms with E-state index >= 15 is 0 Å². The Morgan fingerprint density at radius 3 is 2.60 bits per heavy atom. The van der Waals surface area contributed by atoms with Crippen LogP contribution in [0, 0.1) is 11.8 Å². The predicted octanol–water partition coefficient (Wildman–Crippen LogP) is 3.87. The summed E-state index contributed by atoms with van der Waals surface area (Å²) in [5.74, 6) is 1.35. The molecule has 0 bridgehead atoms.